The fraction of sp³-hybridized carbons (Fsp3) is 0.0238. The summed E-state index contributed by atoms with van der Waals surface area (Å²) < 4.78 is 0. The van der Waals surface area contributed by atoms with Crippen LogP contribution in [0.25, 0.3) is 55.0 Å². The quantitative estimate of drug-likeness (QED) is 0.157. The molecule has 1 aliphatic rings. The first-order valence-electron chi connectivity index (χ1n) is 15.1. The van der Waals surface area contributed by atoms with Crippen molar-refractivity contribution in [2.75, 3.05) is 0 Å². The molecule has 9 rings (SSSR count). The number of nitrogens with zero attached hydrogens (tertiary/aromatic N) is 3. The van der Waals surface area contributed by atoms with Crippen molar-refractivity contribution >= 4 is 32.7 Å². The van der Waals surface area contributed by atoms with Crippen molar-refractivity contribution in [3.8, 4) is 28.3 Å². The van der Waals surface area contributed by atoms with E-state index < -0.39 is 5.41 Å². The van der Waals surface area contributed by atoms with Gasteiger partial charge in [-0.2, -0.15) is 5.26 Å². The molecule has 0 spiro atoms. The number of rotatable bonds is 3. The van der Waals surface area contributed by atoms with Gasteiger partial charge in [-0.25, -0.2) is 4.98 Å². The van der Waals surface area contributed by atoms with E-state index in [2.05, 4.69) is 133 Å². The average molecular weight is 572 g/mol. The van der Waals surface area contributed by atoms with Crippen LogP contribution in [0.2, 0.25) is 0 Å². The fourth-order valence-electron chi connectivity index (χ4n) is 7.44. The van der Waals surface area contributed by atoms with Crippen LogP contribution in [0.4, 0.5) is 0 Å². The van der Waals surface area contributed by atoms with Crippen molar-refractivity contribution in [3.63, 3.8) is 0 Å². The standard InChI is InChI=1S/C42H25N3/c43-26-27-17-19-33-34-20-18-28(25-38(34)42(37(33)22-27,31-11-3-1-4-12-31)32-13-5-2-6-14-32)36-24-30-23-29-10-7-8-16-39(29)45-40(30)41-35(36)15-9-21-44-41/h1-25H. The van der Waals surface area contributed by atoms with Gasteiger partial charge in [0, 0.05) is 22.4 Å². The first kappa shape index (κ1) is 25.4. The Morgan fingerprint density at radius 2 is 1.22 bits per heavy atom. The second-order valence-electron chi connectivity index (χ2n) is 11.7. The number of nitriles is 1. The van der Waals surface area contributed by atoms with Gasteiger partial charge in [0.2, 0.25) is 0 Å². The summed E-state index contributed by atoms with van der Waals surface area (Å²) >= 11 is 0. The highest BCUT2D eigenvalue weighted by atomic mass is 14.7. The first-order chi connectivity index (χ1) is 22.3. The second-order valence-corrected chi connectivity index (χ2v) is 11.7. The SMILES string of the molecule is N#Cc1ccc2c(c1)C(c1ccccc1)(c1ccccc1)c1cc(-c3cc4cc5ccccc5nc4c4ncccc34)ccc1-2. The van der Waals surface area contributed by atoms with Crippen LogP contribution in [0.15, 0.2) is 152 Å². The van der Waals surface area contributed by atoms with Crippen molar-refractivity contribution in [1.82, 2.24) is 9.97 Å². The molecule has 1 aliphatic carbocycles. The number of aromatic nitrogens is 2. The summed E-state index contributed by atoms with van der Waals surface area (Å²) in [4.78, 5) is 9.91. The van der Waals surface area contributed by atoms with E-state index in [1.54, 1.807) is 0 Å². The van der Waals surface area contributed by atoms with Gasteiger partial charge in [0.1, 0.15) is 0 Å². The maximum atomic E-state index is 9.98. The molecule has 45 heavy (non-hydrogen) atoms. The number of hydrogen-bond acceptors (Lipinski definition) is 3. The summed E-state index contributed by atoms with van der Waals surface area (Å²) in [5.41, 5.74) is 12.1. The number of para-hydroxylation sites is 1. The van der Waals surface area contributed by atoms with Gasteiger partial charge in [0.15, 0.2) is 0 Å². The van der Waals surface area contributed by atoms with Crippen molar-refractivity contribution in [2.24, 2.45) is 0 Å². The smallest absolute Gasteiger partial charge is 0.0991 e. The van der Waals surface area contributed by atoms with E-state index in [-0.39, 0.29) is 0 Å². The van der Waals surface area contributed by atoms with E-state index in [0.29, 0.717) is 5.56 Å². The van der Waals surface area contributed by atoms with E-state index in [0.717, 1.165) is 55.0 Å². The first-order valence-corrected chi connectivity index (χ1v) is 15.1. The van der Waals surface area contributed by atoms with Crippen molar-refractivity contribution in [3.05, 3.63) is 180 Å². The van der Waals surface area contributed by atoms with Crippen LogP contribution in [-0.2, 0) is 5.41 Å². The second kappa shape index (κ2) is 9.71. The minimum absolute atomic E-state index is 0.598. The van der Waals surface area contributed by atoms with Crippen molar-refractivity contribution < 1.29 is 0 Å². The Balaban J connectivity index is 1.38. The lowest BCUT2D eigenvalue weighted by Gasteiger charge is -2.34. The Hall–Kier alpha value is -6.11. The lowest BCUT2D eigenvalue weighted by Crippen LogP contribution is -2.28. The predicted molar refractivity (Wildman–Crippen MR) is 182 cm³/mol. The van der Waals surface area contributed by atoms with Crippen LogP contribution in [0.1, 0.15) is 27.8 Å². The maximum Gasteiger partial charge on any atom is 0.0991 e. The van der Waals surface area contributed by atoms with Gasteiger partial charge in [-0.1, -0.05) is 103 Å². The molecule has 0 radical (unpaired) electrons. The molecule has 0 aliphatic heterocycles. The fourth-order valence-corrected chi connectivity index (χ4v) is 7.44. The zero-order chi connectivity index (χ0) is 30.0. The van der Waals surface area contributed by atoms with E-state index in [1.807, 2.05) is 24.4 Å². The zero-order valence-corrected chi connectivity index (χ0v) is 24.3. The third-order valence-electron chi connectivity index (χ3n) is 9.37. The normalized spacial score (nSPS) is 13.0. The molecule has 0 atom stereocenters. The summed E-state index contributed by atoms with van der Waals surface area (Å²) in [7, 11) is 0. The van der Waals surface area contributed by atoms with Gasteiger partial charge >= 0.3 is 0 Å². The summed E-state index contributed by atoms with van der Waals surface area (Å²) in [5.74, 6) is 0. The molecular weight excluding hydrogens is 546 g/mol. The average Bonchev–Trinajstić information content (AvgIpc) is 3.41. The van der Waals surface area contributed by atoms with Crippen LogP contribution in [0, 0.1) is 11.3 Å². The van der Waals surface area contributed by atoms with Crippen LogP contribution in [-0.4, -0.2) is 9.97 Å². The maximum absolute atomic E-state index is 9.98. The lowest BCUT2D eigenvalue weighted by molar-refractivity contribution is 0.768. The molecule has 0 amide bonds. The molecule has 0 N–H and O–H groups in total. The van der Waals surface area contributed by atoms with Gasteiger partial charge in [-0.15, -0.1) is 0 Å². The van der Waals surface area contributed by atoms with Gasteiger partial charge in [0.05, 0.1) is 33.6 Å². The molecule has 3 heteroatoms. The number of pyridine rings is 2. The molecule has 0 saturated heterocycles. The Kier molecular flexibility index (Phi) is 5.48. The van der Waals surface area contributed by atoms with Gasteiger partial charge in [-0.05, 0) is 87.0 Å². The topological polar surface area (TPSA) is 49.6 Å². The van der Waals surface area contributed by atoms with Crippen LogP contribution in [0.3, 0.4) is 0 Å². The largest absolute Gasteiger partial charge is 0.254 e. The van der Waals surface area contributed by atoms with Crippen LogP contribution in [0.5, 0.6) is 0 Å². The van der Waals surface area contributed by atoms with Gasteiger partial charge in [0.25, 0.3) is 0 Å². The Labute approximate surface area is 260 Å². The summed E-state index contributed by atoms with van der Waals surface area (Å²) in [6.45, 7) is 0. The van der Waals surface area contributed by atoms with Gasteiger partial charge < -0.3 is 0 Å². The highest BCUT2D eigenvalue weighted by Crippen LogP contribution is 2.57. The molecule has 0 saturated carbocycles. The van der Waals surface area contributed by atoms with Gasteiger partial charge in [-0.3, -0.25) is 4.98 Å². The monoisotopic (exact) mass is 571 g/mol. The highest BCUT2D eigenvalue weighted by Gasteiger charge is 2.46. The number of benzene rings is 6. The molecule has 0 unspecified atom stereocenters. The molecule has 2 aromatic heterocycles. The van der Waals surface area contributed by atoms with E-state index in [9.17, 15) is 5.26 Å². The third kappa shape index (κ3) is 3.63. The van der Waals surface area contributed by atoms with E-state index >= 15 is 0 Å². The summed E-state index contributed by atoms with van der Waals surface area (Å²) in [6, 6.07) is 53.7. The Morgan fingerprint density at radius 1 is 0.533 bits per heavy atom. The summed E-state index contributed by atoms with van der Waals surface area (Å²) in [5, 5.41) is 13.2. The van der Waals surface area contributed by atoms with E-state index in [1.165, 1.54) is 22.3 Å². The molecular formula is C42H25N3. The number of hydrogen-bond donors (Lipinski definition) is 0. The molecule has 0 bridgehead atoms. The Bertz CT molecular complexity index is 2450. The molecule has 8 aromatic rings. The summed E-state index contributed by atoms with van der Waals surface area (Å²) in [6.07, 6.45) is 1.85. The molecule has 2 heterocycles. The van der Waals surface area contributed by atoms with Crippen molar-refractivity contribution in [2.45, 2.75) is 5.41 Å². The Morgan fingerprint density at radius 3 is 1.98 bits per heavy atom. The van der Waals surface area contributed by atoms with Crippen molar-refractivity contribution in [1.29, 1.82) is 5.26 Å². The third-order valence-corrected chi connectivity index (χ3v) is 9.37. The highest BCUT2D eigenvalue weighted by molar-refractivity contribution is 6.12. The minimum atomic E-state index is -0.598. The minimum Gasteiger partial charge on any atom is -0.254 e. The lowest BCUT2D eigenvalue weighted by atomic mass is 9.67. The van der Waals surface area contributed by atoms with E-state index in [4.69, 9.17) is 9.97 Å². The molecule has 208 valence electrons. The molecule has 6 aromatic carbocycles. The zero-order valence-electron chi connectivity index (χ0n) is 24.3. The van der Waals surface area contributed by atoms with Crippen LogP contribution >= 0.6 is 0 Å². The predicted octanol–water partition coefficient (Wildman–Crippen LogP) is 9.84. The molecule has 0 fully saturated rings. The number of fused-ring (bicyclic) bond motifs is 7. The molecule has 3 nitrogen and oxygen atoms in total. The van der Waals surface area contributed by atoms with Crippen LogP contribution < -0.4 is 0 Å².